The number of para-hydroxylation sites is 1. The van der Waals surface area contributed by atoms with Gasteiger partial charge in [0.2, 0.25) is 0 Å². The molecule has 2 aromatic carbocycles. The molecular weight excluding hydrogens is 319 g/mol. The first kappa shape index (κ1) is 13.4. The molecule has 0 heterocycles. The van der Waals surface area contributed by atoms with Crippen molar-refractivity contribution in [2.45, 2.75) is 11.9 Å². The highest BCUT2D eigenvalue weighted by Crippen LogP contribution is 2.23. The van der Waals surface area contributed by atoms with Gasteiger partial charge in [0.25, 0.3) is 0 Å². The third-order valence-corrected chi connectivity index (χ3v) is 3.47. The van der Waals surface area contributed by atoms with Crippen molar-refractivity contribution in [3.05, 3.63) is 64.4 Å². The Morgan fingerprint density at radius 2 is 1.89 bits per heavy atom. The van der Waals surface area contributed by atoms with E-state index in [0.717, 1.165) is 22.2 Å². The van der Waals surface area contributed by atoms with Crippen LogP contribution in [0.2, 0.25) is 5.02 Å². The molecule has 0 saturated heterocycles. The van der Waals surface area contributed by atoms with Gasteiger partial charge >= 0.3 is 0 Å². The van der Waals surface area contributed by atoms with Crippen molar-refractivity contribution >= 4 is 27.5 Å². The molecule has 0 saturated carbocycles. The fraction of sp³-hybridized carbons (Fsp3) is 0.143. The molecule has 94 valence electrons. The zero-order chi connectivity index (χ0) is 13.0. The first-order chi connectivity index (χ1) is 8.70. The molecule has 0 atom stereocenters. The van der Waals surface area contributed by atoms with E-state index >= 15 is 0 Å². The molecule has 0 bridgehead atoms. The molecule has 0 N–H and O–H groups in total. The van der Waals surface area contributed by atoms with Crippen LogP contribution in [0.1, 0.15) is 11.1 Å². The van der Waals surface area contributed by atoms with E-state index in [-0.39, 0.29) is 5.82 Å². The van der Waals surface area contributed by atoms with Gasteiger partial charge in [0.15, 0.2) is 0 Å². The Labute approximate surface area is 119 Å². The van der Waals surface area contributed by atoms with Gasteiger partial charge < -0.3 is 4.74 Å². The van der Waals surface area contributed by atoms with Crippen molar-refractivity contribution in [3.8, 4) is 5.75 Å². The fourth-order valence-corrected chi connectivity index (χ4v) is 2.23. The molecule has 2 rings (SSSR count). The lowest BCUT2D eigenvalue weighted by molar-refractivity contribution is 0.304. The number of benzene rings is 2. The van der Waals surface area contributed by atoms with Crippen molar-refractivity contribution < 1.29 is 9.13 Å². The van der Waals surface area contributed by atoms with E-state index in [2.05, 4.69) is 15.9 Å². The standard InChI is InChI=1S/C14H11BrClFO/c15-8-10-3-1-2-4-14(10)18-9-11-5-6-12(17)7-13(11)16/h1-7H,8-9H2. The predicted octanol–water partition coefficient (Wildman–Crippen LogP) is 4.95. The highest BCUT2D eigenvalue weighted by Gasteiger charge is 2.05. The summed E-state index contributed by atoms with van der Waals surface area (Å²) in [6, 6.07) is 12.0. The van der Waals surface area contributed by atoms with Gasteiger partial charge in [0.1, 0.15) is 18.2 Å². The van der Waals surface area contributed by atoms with Crippen molar-refractivity contribution in [1.29, 1.82) is 0 Å². The van der Waals surface area contributed by atoms with Crippen LogP contribution in [0.3, 0.4) is 0 Å². The van der Waals surface area contributed by atoms with Crippen molar-refractivity contribution in [3.63, 3.8) is 0 Å². The van der Waals surface area contributed by atoms with E-state index in [9.17, 15) is 4.39 Å². The largest absolute Gasteiger partial charge is 0.489 e. The molecular formula is C14H11BrClFO. The first-order valence-corrected chi connectivity index (χ1v) is 6.91. The highest BCUT2D eigenvalue weighted by molar-refractivity contribution is 9.08. The molecule has 0 aliphatic carbocycles. The summed E-state index contributed by atoms with van der Waals surface area (Å²) in [7, 11) is 0. The Hall–Kier alpha value is -1.06. The molecule has 0 spiro atoms. The van der Waals surface area contributed by atoms with E-state index in [1.165, 1.54) is 12.1 Å². The summed E-state index contributed by atoms with van der Waals surface area (Å²) in [5.41, 5.74) is 1.83. The predicted molar refractivity (Wildman–Crippen MR) is 74.8 cm³/mol. The van der Waals surface area contributed by atoms with Gasteiger partial charge in [0, 0.05) is 16.5 Å². The van der Waals surface area contributed by atoms with Gasteiger partial charge in [0.05, 0.1) is 5.02 Å². The first-order valence-electron chi connectivity index (χ1n) is 5.41. The summed E-state index contributed by atoms with van der Waals surface area (Å²) in [5.74, 6) is 0.458. The molecule has 0 aliphatic heterocycles. The number of hydrogen-bond donors (Lipinski definition) is 0. The maximum absolute atomic E-state index is 12.9. The van der Waals surface area contributed by atoms with Crippen LogP contribution in [0.5, 0.6) is 5.75 Å². The summed E-state index contributed by atoms with van der Waals surface area (Å²) in [6.45, 7) is 0.323. The monoisotopic (exact) mass is 328 g/mol. The smallest absolute Gasteiger partial charge is 0.124 e. The Bertz CT molecular complexity index is 545. The Morgan fingerprint density at radius 1 is 1.11 bits per heavy atom. The molecule has 1 nitrogen and oxygen atoms in total. The number of halogens is 3. The molecule has 2 aromatic rings. The average molecular weight is 330 g/mol. The van der Waals surface area contributed by atoms with Crippen LogP contribution in [-0.2, 0) is 11.9 Å². The van der Waals surface area contributed by atoms with Gasteiger partial charge in [-0.2, -0.15) is 0 Å². The van der Waals surface area contributed by atoms with Gasteiger partial charge in [-0.25, -0.2) is 4.39 Å². The Morgan fingerprint density at radius 3 is 2.61 bits per heavy atom. The molecule has 0 fully saturated rings. The minimum Gasteiger partial charge on any atom is -0.489 e. The lowest BCUT2D eigenvalue weighted by atomic mass is 10.2. The summed E-state index contributed by atoms with van der Waals surface area (Å²) in [5, 5.41) is 1.10. The highest BCUT2D eigenvalue weighted by atomic mass is 79.9. The summed E-state index contributed by atoms with van der Waals surface area (Å²) >= 11 is 9.34. The van der Waals surface area contributed by atoms with Crippen LogP contribution in [0, 0.1) is 5.82 Å². The molecule has 0 aliphatic rings. The zero-order valence-corrected chi connectivity index (χ0v) is 11.8. The van der Waals surface area contributed by atoms with E-state index in [1.54, 1.807) is 6.07 Å². The molecule has 18 heavy (non-hydrogen) atoms. The lowest BCUT2D eigenvalue weighted by Gasteiger charge is -2.10. The fourth-order valence-electron chi connectivity index (χ4n) is 1.55. The summed E-state index contributed by atoms with van der Waals surface area (Å²) < 4.78 is 18.6. The van der Waals surface area contributed by atoms with Crippen molar-refractivity contribution in [2.75, 3.05) is 0 Å². The number of hydrogen-bond acceptors (Lipinski definition) is 1. The number of ether oxygens (including phenoxy) is 1. The minimum atomic E-state index is -0.343. The van der Waals surface area contributed by atoms with Gasteiger partial charge in [-0.3, -0.25) is 0 Å². The third kappa shape index (κ3) is 3.24. The van der Waals surface area contributed by atoms with Crippen LogP contribution in [0.15, 0.2) is 42.5 Å². The maximum atomic E-state index is 12.9. The normalized spacial score (nSPS) is 10.4. The second kappa shape index (κ2) is 6.21. The maximum Gasteiger partial charge on any atom is 0.124 e. The van der Waals surface area contributed by atoms with Crippen LogP contribution in [0.25, 0.3) is 0 Å². The molecule has 0 amide bonds. The molecule has 0 unspecified atom stereocenters. The van der Waals surface area contributed by atoms with Crippen molar-refractivity contribution in [2.24, 2.45) is 0 Å². The third-order valence-electron chi connectivity index (χ3n) is 2.51. The SMILES string of the molecule is Fc1ccc(COc2ccccc2CBr)c(Cl)c1. The topological polar surface area (TPSA) is 9.23 Å². The second-order valence-electron chi connectivity index (χ2n) is 3.77. The Kier molecular flexibility index (Phi) is 4.61. The van der Waals surface area contributed by atoms with Crippen LogP contribution < -0.4 is 4.74 Å². The number of rotatable bonds is 4. The average Bonchev–Trinajstić information content (AvgIpc) is 2.38. The number of alkyl halides is 1. The Balaban J connectivity index is 2.11. The minimum absolute atomic E-state index is 0.323. The molecule has 0 radical (unpaired) electrons. The van der Waals surface area contributed by atoms with Crippen molar-refractivity contribution in [1.82, 2.24) is 0 Å². The molecule has 4 heteroatoms. The van der Waals surface area contributed by atoms with E-state index < -0.39 is 0 Å². The van der Waals surface area contributed by atoms with Gasteiger partial charge in [-0.15, -0.1) is 0 Å². The lowest BCUT2D eigenvalue weighted by Crippen LogP contribution is -1.98. The van der Waals surface area contributed by atoms with E-state index in [4.69, 9.17) is 16.3 Å². The van der Waals surface area contributed by atoms with Gasteiger partial charge in [-0.1, -0.05) is 51.8 Å². The molecule has 0 aromatic heterocycles. The summed E-state index contributed by atoms with van der Waals surface area (Å²) in [6.07, 6.45) is 0. The summed E-state index contributed by atoms with van der Waals surface area (Å²) in [4.78, 5) is 0. The van der Waals surface area contributed by atoms with Crippen LogP contribution in [-0.4, -0.2) is 0 Å². The van der Waals surface area contributed by atoms with Crippen LogP contribution in [0.4, 0.5) is 4.39 Å². The van der Waals surface area contributed by atoms with E-state index in [1.807, 2.05) is 24.3 Å². The zero-order valence-electron chi connectivity index (χ0n) is 9.50. The quantitative estimate of drug-likeness (QED) is 0.721. The second-order valence-corrected chi connectivity index (χ2v) is 4.73. The van der Waals surface area contributed by atoms with Crippen LogP contribution >= 0.6 is 27.5 Å². The van der Waals surface area contributed by atoms with Gasteiger partial charge in [-0.05, 0) is 18.2 Å². The van der Waals surface area contributed by atoms with E-state index in [0.29, 0.717) is 11.6 Å².